The predicted molar refractivity (Wildman–Crippen MR) is 127 cm³/mol. The maximum atomic E-state index is 12.9. The molecule has 1 saturated heterocycles. The molecule has 5 nitrogen and oxygen atoms in total. The van der Waals surface area contributed by atoms with Gasteiger partial charge < -0.3 is 5.32 Å². The Hall–Kier alpha value is -2.40. The fourth-order valence-corrected chi connectivity index (χ4v) is 4.32. The number of imide groups is 1. The van der Waals surface area contributed by atoms with Crippen LogP contribution in [0.5, 0.6) is 0 Å². The van der Waals surface area contributed by atoms with Crippen molar-refractivity contribution in [2.24, 2.45) is 5.92 Å². The molecule has 0 saturated carbocycles. The molecule has 1 N–H and O–H groups in total. The monoisotopic (exact) mass is 423 g/mol. The maximum Gasteiger partial charge on any atom is 0.325 e. The summed E-state index contributed by atoms with van der Waals surface area (Å²) in [7, 11) is 1.98. The molecule has 0 aliphatic carbocycles. The van der Waals surface area contributed by atoms with Crippen LogP contribution in [0.2, 0.25) is 0 Å². The highest BCUT2D eigenvalue weighted by atomic mass is 16.2. The van der Waals surface area contributed by atoms with Crippen LogP contribution in [0.1, 0.15) is 57.9 Å². The molecule has 31 heavy (non-hydrogen) atoms. The van der Waals surface area contributed by atoms with E-state index in [1.165, 1.54) is 37.0 Å². The van der Waals surface area contributed by atoms with Gasteiger partial charge >= 0.3 is 6.03 Å². The number of hydrogen-bond acceptors (Lipinski definition) is 3. The number of rotatable bonds is 12. The van der Waals surface area contributed by atoms with E-state index in [4.69, 9.17) is 0 Å². The maximum absolute atomic E-state index is 12.9. The molecule has 0 radical (unpaired) electrons. The van der Waals surface area contributed by atoms with Crippen LogP contribution in [0.25, 0.3) is 10.8 Å². The lowest BCUT2D eigenvalue weighted by Crippen LogP contribution is -2.40. The minimum absolute atomic E-state index is 0.126. The van der Waals surface area contributed by atoms with Crippen molar-refractivity contribution in [3.05, 3.63) is 48.0 Å². The molecule has 1 aliphatic rings. The van der Waals surface area contributed by atoms with Crippen LogP contribution in [-0.4, -0.2) is 48.0 Å². The molecular formula is C26H37N3O2. The molecule has 1 heterocycles. The van der Waals surface area contributed by atoms with Crippen LogP contribution in [-0.2, 0) is 11.2 Å². The van der Waals surface area contributed by atoms with Gasteiger partial charge in [0.1, 0.15) is 6.04 Å². The Morgan fingerprint density at radius 3 is 2.48 bits per heavy atom. The van der Waals surface area contributed by atoms with Gasteiger partial charge in [-0.1, -0.05) is 88.4 Å². The molecule has 1 atom stereocenters. The average Bonchev–Trinajstić information content (AvgIpc) is 3.00. The van der Waals surface area contributed by atoms with E-state index >= 15 is 0 Å². The van der Waals surface area contributed by atoms with Gasteiger partial charge in [0.2, 0.25) is 0 Å². The molecule has 3 amide bonds. The third-order valence-corrected chi connectivity index (χ3v) is 6.12. The summed E-state index contributed by atoms with van der Waals surface area (Å²) in [6, 6.07) is 13.5. The highest BCUT2D eigenvalue weighted by Gasteiger charge is 2.38. The summed E-state index contributed by atoms with van der Waals surface area (Å²) in [5.41, 5.74) is 1.09. The molecule has 5 heteroatoms. The number of urea groups is 1. The number of benzene rings is 2. The minimum Gasteiger partial charge on any atom is -0.325 e. The van der Waals surface area contributed by atoms with E-state index in [1.54, 1.807) is 0 Å². The number of amides is 3. The zero-order chi connectivity index (χ0) is 22.2. The van der Waals surface area contributed by atoms with Crippen molar-refractivity contribution in [1.82, 2.24) is 15.1 Å². The third kappa shape index (κ3) is 6.54. The summed E-state index contributed by atoms with van der Waals surface area (Å²) < 4.78 is 0. The number of carbonyl (C=O) groups excluding carboxylic acids is 2. The van der Waals surface area contributed by atoms with Crippen molar-refractivity contribution in [2.45, 2.75) is 64.8 Å². The van der Waals surface area contributed by atoms with Crippen molar-refractivity contribution in [1.29, 1.82) is 0 Å². The number of carbonyl (C=O) groups is 2. The van der Waals surface area contributed by atoms with Gasteiger partial charge in [0, 0.05) is 6.42 Å². The predicted octanol–water partition coefficient (Wildman–Crippen LogP) is 5.19. The molecule has 168 valence electrons. The van der Waals surface area contributed by atoms with Gasteiger partial charge in [-0.05, 0) is 42.3 Å². The Balaban J connectivity index is 1.45. The average molecular weight is 424 g/mol. The molecule has 2 aromatic carbocycles. The normalized spacial score (nSPS) is 16.7. The van der Waals surface area contributed by atoms with E-state index in [2.05, 4.69) is 42.3 Å². The van der Waals surface area contributed by atoms with Gasteiger partial charge in [-0.15, -0.1) is 0 Å². The molecule has 0 spiro atoms. The van der Waals surface area contributed by atoms with Crippen LogP contribution in [0.4, 0.5) is 4.79 Å². The smallest absolute Gasteiger partial charge is 0.325 e. The number of fused-ring (bicyclic) bond motifs is 1. The van der Waals surface area contributed by atoms with Crippen molar-refractivity contribution >= 4 is 22.7 Å². The molecule has 2 aromatic rings. The Morgan fingerprint density at radius 2 is 1.68 bits per heavy atom. The highest BCUT2D eigenvalue weighted by molar-refractivity contribution is 6.04. The van der Waals surface area contributed by atoms with Crippen molar-refractivity contribution in [3.63, 3.8) is 0 Å². The van der Waals surface area contributed by atoms with Crippen molar-refractivity contribution in [3.8, 4) is 0 Å². The number of unbranched alkanes of at least 4 members (excludes halogenated alkanes) is 4. The second-order valence-corrected chi connectivity index (χ2v) is 9.28. The zero-order valence-corrected chi connectivity index (χ0v) is 19.3. The fourth-order valence-electron chi connectivity index (χ4n) is 4.32. The van der Waals surface area contributed by atoms with Crippen LogP contribution in [0.15, 0.2) is 42.5 Å². The molecular weight excluding hydrogens is 386 g/mol. The quantitative estimate of drug-likeness (QED) is 0.378. The molecule has 1 unspecified atom stereocenters. The second-order valence-electron chi connectivity index (χ2n) is 9.28. The lowest BCUT2D eigenvalue weighted by Gasteiger charge is -2.22. The standard InChI is InChI=1S/C26H37N3O2/c1-20(2)12-7-5-4-6-10-17-28(3)19-29-25(30)24(27-26(29)31)18-22-15-11-14-21-13-8-9-16-23(21)22/h8-9,11,13-16,20,24H,4-7,10,12,17-19H2,1-3H3,(H,27,31). The Kier molecular flexibility index (Phi) is 8.47. The van der Waals surface area contributed by atoms with E-state index in [9.17, 15) is 9.59 Å². The summed E-state index contributed by atoms with van der Waals surface area (Å²) in [4.78, 5) is 28.8. The van der Waals surface area contributed by atoms with Gasteiger partial charge in [-0.2, -0.15) is 0 Å². The molecule has 0 bridgehead atoms. The van der Waals surface area contributed by atoms with Crippen LogP contribution in [0.3, 0.4) is 0 Å². The Labute approximate surface area is 186 Å². The van der Waals surface area contributed by atoms with Crippen molar-refractivity contribution < 1.29 is 9.59 Å². The number of hydrogen-bond donors (Lipinski definition) is 1. The molecule has 1 fully saturated rings. The number of nitrogens with one attached hydrogen (secondary N) is 1. The topological polar surface area (TPSA) is 52.6 Å². The summed E-state index contributed by atoms with van der Waals surface area (Å²) in [5.74, 6) is 0.665. The number of nitrogens with zero attached hydrogens (tertiary/aromatic N) is 2. The first kappa shape index (κ1) is 23.3. The first-order valence-electron chi connectivity index (χ1n) is 11.7. The van der Waals surface area contributed by atoms with E-state index in [0.29, 0.717) is 13.1 Å². The SMILES string of the molecule is CC(C)CCCCCCCN(C)CN1C(=O)NC(Cc2cccc3ccccc23)C1=O. The Bertz CT molecular complexity index is 875. The summed E-state index contributed by atoms with van der Waals surface area (Å²) in [6.45, 7) is 5.80. The van der Waals surface area contributed by atoms with E-state index < -0.39 is 6.04 Å². The van der Waals surface area contributed by atoms with Gasteiger partial charge in [0.05, 0.1) is 6.67 Å². The lowest BCUT2D eigenvalue weighted by molar-refractivity contribution is -0.128. The second kappa shape index (κ2) is 11.3. The molecule has 3 rings (SSSR count). The van der Waals surface area contributed by atoms with Gasteiger partial charge in [0.25, 0.3) is 5.91 Å². The lowest BCUT2D eigenvalue weighted by atomic mass is 9.99. The van der Waals surface area contributed by atoms with Gasteiger partial charge in [-0.3, -0.25) is 9.69 Å². The first-order chi connectivity index (χ1) is 15.0. The van der Waals surface area contributed by atoms with Crippen LogP contribution >= 0.6 is 0 Å². The van der Waals surface area contributed by atoms with Gasteiger partial charge in [0.15, 0.2) is 0 Å². The minimum atomic E-state index is -0.493. The molecule has 1 aliphatic heterocycles. The largest absolute Gasteiger partial charge is 0.325 e. The van der Waals surface area contributed by atoms with Crippen LogP contribution in [0, 0.1) is 5.92 Å². The zero-order valence-electron chi connectivity index (χ0n) is 19.3. The highest BCUT2D eigenvalue weighted by Crippen LogP contribution is 2.21. The van der Waals surface area contributed by atoms with Gasteiger partial charge in [-0.25, -0.2) is 9.69 Å². The first-order valence-corrected chi connectivity index (χ1v) is 11.7. The summed E-state index contributed by atoms with van der Waals surface area (Å²) in [6.07, 6.45) is 8.00. The van der Waals surface area contributed by atoms with Crippen molar-refractivity contribution in [2.75, 3.05) is 20.3 Å². The summed E-state index contributed by atoms with van der Waals surface area (Å²) >= 11 is 0. The fraction of sp³-hybridized carbons (Fsp3) is 0.538. The van der Waals surface area contributed by atoms with Crippen LogP contribution < -0.4 is 5.32 Å². The molecule has 0 aromatic heterocycles. The third-order valence-electron chi connectivity index (χ3n) is 6.12. The summed E-state index contributed by atoms with van der Waals surface area (Å²) in [5, 5.41) is 5.17. The van der Waals surface area contributed by atoms with E-state index in [1.807, 2.05) is 31.3 Å². The van der Waals surface area contributed by atoms with E-state index in [-0.39, 0.29) is 11.9 Å². The Morgan fingerprint density at radius 1 is 0.968 bits per heavy atom. The van der Waals surface area contributed by atoms with E-state index in [0.717, 1.165) is 35.2 Å².